The lowest BCUT2D eigenvalue weighted by atomic mass is 10.0. The molecule has 9 heteroatoms. The molecule has 2 N–H and O–H groups in total. The lowest BCUT2D eigenvalue weighted by molar-refractivity contribution is 0.0952. The predicted molar refractivity (Wildman–Crippen MR) is 179 cm³/mol. The average molecular weight is 625 g/mol. The minimum absolute atomic E-state index is 0.208. The summed E-state index contributed by atoms with van der Waals surface area (Å²) in [5.74, 6) is -0.487. The number of hydrogen-bond donors (Lipinski definition) is 2. The summed E-state index contributed by atoms with van der Waals surface area (Å²) in [6.45, 7) is 10.7. The number of aryl methyl sites for hydroxylation is 1. The Bertz CT molecular complexity index is 1420. The molecule has 4 rings (SSSR count). The first-order valence-electron chi connectivity index (χ1n) is 14.9. The van der Waals surface area contributed by atoms with Crippen molar-refractivity contribution in [1.29, 1.82) is 0 Å². The first kappa shape index (κ1) is 32.8. The topological polar surface area (TPSA) is 67.9 Å². The van der Waals surface area contributed by atoms with Crippen molar-refractivity contribution < 1.29 is 9.59 Å². The number of halogens is 2. The molecule has 0 saturated carbocycles. The van der Waals surface area contributed by atoms with Gasteiger partial charge in [-0.2, -0.15) is 0 Å². The predicted octanol–water partition coefficient (Wildman–Crippen LogP) is 6.38. The third-order valence-corrected chi connectivity index (χ3v) is 8.53. The molecule has 7 nitrogen and oxygen atoms in total. The monoisotopic (exact) mass is 623 g/mol. The van der Waals surface area contributed by atoms with Crippen LogP contribution in [0.4, 0.5) is 11.4 Å². The van der Waals surface area contributed by atoms with Crippen LogP contribution in [0.5, 0.6) is 0 Å². The Kier molecular flexibility index (Phi) is 11.5. The Balaban J connectivity index is 1.53. The quantitative estimate of drug-likeness (QED) is 0.259. The number of hydrogen-bond acceptors (Lipinski definition) is 5. The fourth-order valence-corrected chi connectivity index (χ4v) is 6.23. The van der Waals surface area contributed by atoms with Crippen LogP contribution < -0.4 is 15.5 Å². The SMILES string of the molecule is Cc1ccc(CCNC(=O)c2ccc(N3CC(C)N(CCCN(C)C)C(C)C3)c(NC(=O)c3cccc(Cl)c3)c2)c(Cl)c1. The van der Waals surface area contributed by atoms with Gasteiger partial charge < -0.3 is 20.4 Å². The Morgan fingerprint density at radius 2 is 1.65 bits per heavy atom. The van der Waals surface area contributed by atoms with Gasteiger partial charge in [0.05, 0.1) is 11.4 Å². The van der Waals surface area contributed by atoms with Gasteiger partial charge in [0.1, 0.15) is 0 Å². The molecule has 0 aromatic heterocycles. The number of nitrogens with one attached hydrogen (secondary N) is 2. The number of amides is 2. The second-order valence-electron chi connectivity index (χ2n) is 11.8. The molecular weight excluding hydrogens is 581 g/mol. The molecule has 0 radical (unpaired) electrons. The maximum Gasteiger partial charge on any atom is 0.255 e. The number of carbonyl (C=O) groups excluding carboxylic acids is 2. The minimum Gasteiger partial charge on any atom is -0.367 e. The van der Waals surface area contributed by atoms with E-state index in [2.05, 4.69) is 53.3 Å². The highest BCUT2D eigenvalue weighted by molar-refractivity contribution is 6.31. The molecule has 43 heavy (non-hydrogen) atoms. The highest BCUT2D eigenvalue weighted by Gasteiger charge is 2.30. The molecule has 3 aromatic rings. The molecule has 1 aliphatic rings. The summed E-state index contributed by atoms with van der Waals surface area (Å²) < 4.78 is 0. The largest absolute Gasteiger partial charge is 0.367 e. The van der Waals surface area contributed by atoms with Gasteiger partial charge in [-0.15, -0.1) is 0 Å². The molecule has 230 valence electrons. The summed E-state index contributed by atoms with van der Waals surface area (Å²) in [7, 11) is 4.21. The lowest BCUT2D eigenvalue weighted by Crippen LogP contribution is -2.57. The van der Waals surface area contributed by atoms with Crippen molar-refractivity contribution in [3.05, 3.63) is 93.0 Å². The molecule has 1 saturated heterocycles. The zero-order chi connectivity index (χ0) is 31.1. The molecule has 1 fully saturated rings. The molecule has 1 heterocycles. The molecule has 0 bridgehead atoms. The third-order valence-electron chi connectivity index (χ3n) is 7.95. The summed E-state index contributed by atoms with van der Waals surface area (Å²) in [5, 5.41) is 7.27. The minimum atomic E-state index is -0.279. The van der Waals surface area contributed by atoms with E-state index in [9.17, 15) is 9.59 Å². The molecule has 0 aliphatic carbocycles. The molecule has 2 atom stereocenters. The average Bonchev–Trinajstić information content (AvgIpc) is 2.95. The van der Waals surface area contributed by atoms with E-state index in [1.807, 2.05) is 37.3 Å². The number of carbonyl (C=O) groups is 2. The zero-order valence-electron chi connectivity index (χ0n) is 25.8. The first-order valence-corrected chi connectivity index (χ1v) is 15.7. The van der Waals surface area contributed by atoms with Gasteiger partial charge in [0, 0.05) is 59.4 Å². The van der Waals surface area contributed by atoms with Crippen molar-refractivity contribution >= 4 is 46.4 Å². The summed E-state index contributed by atoms with van der Waals surface area (Å²) >= 11 is 12.5. The van der Waals surface area contributed by atoms with Gasteiger partial charge in [-0.25, -0.2) is 0 Å². The van der Waals surface area contributed by atoms with Crippen LogP contribution in [0.1, 0.15) is 52.1 Å². The molecule has 1 aliphatic heterocycles. The number of rotatable bonds is 11. The van der Waals surface area contributed by atoms with Crippen LogP contribution in [0.2, 0.25) is 10.0 Å². The van der Waals surface area contributed by atoms with Gasteiger partial charge in [0.2, 0.25) is 0 Å². The molecule has 2 amide bonds. The van der Waals surface area contributed by atoms with Gasteiger partial charge in [0.25, 0.3) is 11.8 Å². The number of anilines is 2. The second-order valence-corrected chi connectivity index (χ2v) is 12.6. The summed E-state index contributed by atoms with van der Waals surface area (Å²) in [5.41, 5.74) is 4.50. The Hall–Kier alpha value is -3.10. The van der Waals surface area contributed by atoms with Gasteiger partial charge in [-0.05, 0) is 108 Å². The van der Waals surface area contributed by atoms with E-state index in [4.69, 9.17) is 23.2 Å². The molecular formula is C34H43Cl2N5O2. The highest BCUT2D eigenvalue weighted by atomic mass is 35.5. The lowest BCUT2D eigenvalue weighted by Gasteiger charge is -2.46. The van der Waals surface area contributed by atoms with E-state index >= 15 is 0 Å². The van der Waals surface area contributed by atoms with Gasteiger partial charge >= 0.3 is 0 Å². The van der Waals surface area contributed by atoms with E-state index in [0.29, 0.717) is 51.9 Å². The Morgan fingerprint density at radius 3 is 2.33 bits per heavy atom. The molecule has 2 unspecified atom stereocenters. The summed E-state index contributed by atoms with van der Waals surface area (Å²) in [4.78, 5) is 33.6. The van der Waals surface area contributed by atoms with Gasteiger partial charge in [-0.3, -0.25) is 14.5 Å². The van der Waals surface area contributed by atoms with Crippen molar-refractivity contribution in [2.24, 2.45) is 0 Å². The summed E-state index contributed by atoms with van der Waals surface area (Å²) in [6.07, 6.45) is 1.73. The van der Waals surface area contributed by atoms with Crippen LogP contribution in [0.15, 0.2) is 60.7 Å². The molecule has 0 spiro atoms. The van der Waals surface area contributed by atoms with Crippen molar-refractivity contribution in [2.45, 2.75) is 45.7 Å². The summed E-state index contributed by atoms with van der Waals surface area (Å²) in [6, 6.07) is 19.0. The number of piperazine rings is 1. The van der Waals surface area contributed by atoms with Crippen molar-refractivity contribution in [1.82, 2.24) is 15.1 Å². The van der Waals surface area contributed by atoms with Crippen LogP contribution >= 0.6 is 23.2 Å². The zero-order valence-corrected chi connectivity index (χ0v) is 27.3. The first-order chi connectivity index (χ1) is 20.5. The fraction of sp³-hybridized carbons (Fsp3) is 0.412. The van der Waals surface area contributed by atoms with Crippen LogP contribution in [-0.4, -0.2) is 80.5 Å². The van der Waals surface area contributed by atoms with E-state index in [0.717, 1.165) is 49.4 Å². The van der Waals surface area contributed by atoms with Crippen LogP contribution in [0.3, 0.4) is 0 Å². The van der Waals surface area contributed by atoms with Crippen LogP contribution in [0.25, 0.3) is 0 Å². The number of nitrogens with zero attached hydrogens (tertiary/aromatic N) is 3. The second kappa shape index (κ2) is 15.1. The Labute approximate surface area is 266 Å². The fourth-order valence-electron chi connectivity index (χ4n) is 5.71. The van der Waals surface area contributed by atoms with E-state index in [-0.39, 0.29) is 11.8 Å². The van der Waals surface area contributed by atoms with E-state index in [1.165, 1.54) is 0 Å². The maximum atomic E-state index is 13.3. The van der Waals surface area contributed by atoms with Gasteiger partial charge in [0.15, 0.2) is 0 Å². The van der Waals surface area contributed by atoms with Crippen LogP contribution in [0, 0.1) is 6.92 Å². The van der Waals surface area contributed by atoms with E-state index < -0.39 is 0 Å². The van der Waals surface area contributed by atoms with Crippen molar-refractivity contribution in [3.63, 3.8) is 0 Å². The normalized spacial score (nSPS) is 17.3. The number of benzene rings is 3. The maximum absolute atomic E-state index is 13.3. The van der Waals surface area contributed by atoms with Gasteiger partial charge in [-0.1, -0.05) is 41.4 Å². The van der Waals surface area contributed by atoms with Crippen molar-refractivity contribution in [3.8, 4) is 0 Å². The third kappa shape index (κ3) is 8.96. The highest BCUT2D eigenvalue weighted by Crippen LogP contribution is 2.31. The van der Waals surface area contributed by atoms with Crippen molar-refractivity contribution in [2.75, 3.05) is 57.0 Å². The standard InChI is InChI=1S/C34H43Cl2N5O2/c1-23-10-11-26(30(36)18-23)14-15-37-33(42)28-12-13-32(31(20-28)38-34(43)27-8-6-9-29(35)19-27)40-21-24(2)41(25(3)22-40)17-7-16-39(4)5/h6,8-13,18-20,24-25H,7,14-17,21-22H2,1-5H3,(H,37,42)(H,38,43). The smallest absolute Gasteiger partial charge is 0.255 e. The van der Waals surface area contributed by atoms with E-state index in [1.54, 1.807) is 30.3 Å². The molecule has 3 aromatic carbocycles. The van der Waals surface area contributed by atoms with Crippen LogP contribution in [-0.2, 0) is 6.42 Å². The Morgan fingerprint density at radius 1 is 0.930 bits per heavy atom.